The lowest BCUT2D eigenvalue weighted by Crippen LogP contribution is -2.10. The normalized spacial score (nSPS) is 11.4. The van der Waals surface area contributed by atoms with E-state index in [0.29, 0.717) is 0 Å². The molecule has 0 aliphatic heterocycles. The van der Waals surface area contributed by atoms with Crippen LogP contribution in [0.4, 0.5) is 17.1 Å². The SMILES string of the molecule is Brc1cc(N(c2ccc(-c3ccccc3)cc2)c2ccc(-c3ccc4ccccc4c3)cc2)c2sc3ccccc3c2c1. The maximum atomic E-state index is 3.85. The van der Waals surface area contributed by atoms with Gasteiger partial charge in [-0.25, -0.2) is 0 Å². The van der Waals surface area contributed by atoms with Gasteiger partial charge in [0.25, 0.3) is 0 Å². The van der Waals surface area contributed by atoms with Gasteiger partial charge in [-0.1, -0.05) is 125 Å². The van der Waals surface area contributed by atoms with Crippen molar-refractivity contribution in [2.75, 3.05) is 4.90 Å². The molecule has 0 radical (unpaired) electrons. The van der Waals surface area contributed by atoms with E-state index in [0.717, 1.165) is 21.5 Å². The number of rotatable bonds is 5. The number of thiophene rings is 1. The van der Waals surface area contributed by atoms with E-state index in [9.17, 15) is 0 Å². The third-order valence-corrected chi connectivity index (χ3v) is 9.77. The minimum atomic E-state index is 1.07. The predicted octanol–water partition coefficient (Wildman–Crippen LogP) is 12.8. The van der Waals surface area contributed by atoms with Crippen molar-refractivity contribution in [3.8, 4) is 22.3 Å². The Kier molecular flexibility index (Phi) is 6.55. The van der Waals surface area contributed by atoms with Gasteiger partial charge in [-0.15, -0.1) is 11.3 Å². The highest BCUT2D eigenvalue weighted by atomic mass is 79.9. The molecular formula is C40H26BrNS. The van der Waals surface area contributed by atoms with Crippen LogP contribution in [-0.4, -0.2) is 0 Å². The summed E-state index contributed by atoms with van der Waals surface area (Å²) in [5.74, 6) is 0. The Morgan fingerprint density at radius 3 is 1.77 bits per heavy atom. The number of nitrogens with zero attached hydrogens (tertiary/aromatic N) is 1. The van der Waals surface area contributed by atoms with Crippen LogP contribution in [0.15, 0.2) is 162 Å². The highest BCUT2D eigenvalue weighted by Crippen LogP contribution is 2.46. The summed E-state index contributed by atoms with van der Waals surface area (Å²) in [6, 6.07) is 56.9. The van der Waals surface area contributed by atoms with Crippen LogP contribution in [0.3, 0.4) is 0 Å². The zero-order chi connectivity index (χ0) is 28.8. The number of fused-ring (bicyclic) bond motifs is 4. The molecule has 0 N–H and O–H groups in total. The first-order valence-corrected chi connectivity index (χ1v) is 16.0. The molecule has 1 heterocycles. The molecule has 3 heteroatoms. The molecule has 0 fully saturated rings. The Morgan fingerprint density at radius 1 is 0.442 bits per heavy atom. The standard InChI is InChI=1S/C40H26BrNS/c41-33-25-37-36-12-6-7-13-39(36)43-40(37)38(26-33)42(34-20-16-29(17-21-34)27-8-2-1-3-9-27)35-22-18-30(19-23-35)32-15-14-28-10-4-5-11-31(28)24-32/h1-26H. The van der Waals surface area contributed by atoms with Gasteiger partial charge in [0.2, 0.25) is 0 Å². The first-order chi connectivity index (χ1) is 21.2. The monoisotopic (exact) mass is 631 g/mol. The third-order valence-electron chi connectivity index (χ3n) is 8.11. The van der Waals surface area contributed by atoms with E-state index >= 15 is 0 Å². The Bertz CT molecular complexity index is 2230. The molecule has 1 nitrogen and oxygen atoms in total. The lowest BCUT2D eigenvalue weighted by molar-refractivity contribution is 1.30. The molecule has 0 saturated carbocycles. The predicted molar refractivity (Wildman–Crippen MR) is 190 cm³/mol. The highest BCUT2D eigenvalue weighted by molar-refractivity contribution is 9.10. The van der Waals surface area contributed by atoms with Gasteiger partial charge in [-0.05, 0) is 81.6 Å². The number of halogens is 1. The Hall–Kier alpha value is -4.70. The summed E-state index contributed by atoms with van der Waals surface area (Å²) in [6.45, 7) is 0. The minimum absolute atomic E-state index is 1.07. The zero-order valence-corrected chi connectivity index (χ0v) is 25.6. The number of anilines is 3. The molecular weight excluding hydrogens is 606 g/mol. The van der Waals surface area contributed by atoms with Crippen LogP contribution < -0.4 is 4.90 Å². The van der Waals surface area contributed by atoms with Crippen LogP contribution in [0.25, 0.3) is 53.2 Å². The zero-order valence-electron chi connectivity index (χ0n) is 23.2. The molecule has 8 aromatic rings. The molecule has 0 aliphatic carbocycles. The molecule has 8 rings (SSSR count). The molecule has 204 valence electrons. The maximum Gasteiger partial charge on any atom is 0.0651 e. The third kappa shape index (κ3) is 4.81. The Labute approximate surface area is 263 Å². The van der Waals surface area contributed by atoms with Crippen LogP contribution >= 0.6 is 27.3 Å². The van der Waals surface area contributed by atoms with Gasteiger partial charge in [0.1, 0.15) is 0 Å². The summed E-state index contributed by atoms with van der Waals surface area (Å²) < 4.78 is 3.63. The van der Waals surface area contributed by atoms with Crippen LogP contribution in [0, 0.1) is 0 Å². The van der Waals surface area contributed by atoms with Gasteiger partial charge in [0.05, 0.1) is 10.4 Å². The number of hydrogen-bond acceptors (Lipinski definition) is 2. The van der Waals surface area contributed by atoms with E-state index in [2.05, 4.69) is 179 Å². The average molecular weight is 633 g/mol. The van der Waals surface area contributed by atoms with Crippen LogP contribution in [-0.2, 0) is 0 Å². The van der Waals surface area contributed by atoms with E-state index < -0.39 is 0 Å². The summed E-state index contributed by atoms with van der Waals surface area (Å²) >= 11 is 5.70. The van der Waals surface area contributed by atoms with E-state index in [1.807, 2.05) is 11.3 Å². The van der Waals surface area contributed by atoms with Gasteiger partial charge in [-0.2, -0.15) is 0 Å². The quantitative estimate of drug-likeness (QED) is 0.182. The van der Waals surface area contributed by atoms with E-state index in [1.54, 1.807) is 0 Å². The number of benzene rings is 7. The van der Waals surface area contributed by atoms with Crippen LogP contribution in [0.2, 0.25) is 0 Å². The molecule has 7 aromatic carbocycles. The summed E-state index contributed by atoms with van der Waals surface area (Å²) in [7, 11) is 0. The van der Waals surface area contributed by atoms with Crippen molar-refractivity contribution in [1.82, 2.24) is 0 Å². The largest absolute Gasteiger partial charge is 0.309 e. The summed E-state index contributed by atoms with van der Waals surface area (Å²) in [6.07, 6.45) is 0. The molecule has 1 aromatic heterocycles. The van der Waals surface area contributed by atoms with E-state index in [-0.39, 0.29) is 0 Å². The molecule has 0 aliphatic rings. The minimum Gasteiger partial charge on any atom is -0.309 e. The molecule has 0 spiro atoms. The van der Waals surface area contributed by atoms with Crippen molar-refractivity contribution in [1.29, 1.82) is 0 Å². The van der Waals surface area contributed by atoms with Gasteiger partial charge in [-0.3, -0.25) is 0 Å². The van der Waals surface area contributed by atoms with Crippen molar-refractivity contribution in [3.63, 3.8) is 0 Å². The highest BCUT2D eigenvalue weighted by Gasteiger charge is 2.19. The molecule has 0 saturated heterocycles. The lowest BCUT2D eigenvalue weighted by atomic mass is 10.0. The summed E-state index contributed by atoms with van der Waals surface area (Å²) in [4.78, 5) is 2.39. The smallest absolute Gasteiger partial charge is 0.0651 e. The fourth-order valence-electron chi connectivity index (χ4n) is 5.97. The lowest BCUT2D eigenvalue weighted by Gasteiger charge is -2.27. The van der Waals surface area contributed by atoms with Crippen molar-refractivity contribution < 1.29 is 0 Å². The van der Waals surface area contributed by atoms with Crippen molar-refractivity contribution in [3.05, 3.63) is 162 Å². The van der Waals surface area contributed by atoms with Gasteiger partial charge >= 0.3 is 0 Å². The van der Waals surface area contributed by atoms with Crippen molar-refractivity contribution in [2.45, 2.75) is 0 Å². The fraction of sp³-hybridized carbons (Fsp3) is 0. The summed E-state index contributed by atoms with van der Waals surface area (Å²) in [5.41, 5.74) is 8.25. The first-order valence-electron chi connectivity index (χ1n) is 14.4. The van der Waals surface area contributed by atoms with Crippen LogP contribution in [0.1, 0.15) is 0 Å². The number of hydrogen-bond donors (Lipinski definition) is 0. The van der Waals surface area contributed by atoms with E-state index in [1.165, 1.54) is 53.2 Å². The first kappa shape index (κ1) is 26.0. The molecule has 0 amide bonds. The van der Waals surface area contributed by atoms with Crippen molar-refractivity contribution >= 4 is 75.3 Å². The van der Waals surface area contributed by atoms with Gasteiger partial charge in [0.15, 0.2) is 0 Å². The molecule has 43 heavy (non-hydrogen) atoms. The maximum absolute atomic E-state index is 3.85. The van der Waals surface area contributed by atoms with Crippen LogP contribution in [0.5, 0.6) is 0 Å². The fourth-order valence-corrected chi connectivity index (χ4v) is 7.61. The Balaban J connectivity index is 1.28. The Morgan fingerprint density at radius 2 is 1.02 bits per heavy atom. The van der Waals surface area contributed by atoms with Gasteiger partial charge < -0.3 is 4.90 Å². The van der Waals surface area contributed by atoms with E-state index in [4.69, 9.17) is 0 Å². The molecule has 0 atom stereocenters. The second-order valence-corrected chi connectivity index (χ2v) is 12.7. The van der Waals surface area contributed by atoms with Crippen molar-refractivity contribution in [2.24, 2.45) is 0 Å². The summed E-state index contributed by atoms with van der Waals surface area (Å²) in [5, 5.41) is 5.07. The molecule has 0 unspecified atom stereocenters. The topological polar surface area (TPSA) is 3.24 Å². The average Bonchev–Trinajstić information content (AvgIpc) is 3.44. The molecule has 0 bridgehead atoms. The second kappa shape index (κ2) is 10.9. The second-order valence-electron chi connectivity index (χ2n) is 10.8. The van der Waals surface area contributed by atoms with Gasteiger partial charge in [0, 0.05) is 31.3 Å².